The molecule has 3 nitrogen and oxygen atoms in total. The molecule has 0 spiro atoms. The number of rotatable bonds is 3. The van der Waals surface area contributed by atoms with Gasteiger partial charge >= 0.3 is 0 Å². The molecule has 18 heavy (non-hydrogen) atoms. The van der Waals surface area contributed by atoms with Crippen molar-refractivity contribution in [2.45, 2.75) is 19.9 Å². The van der Waals surface area contributed by atoms with Gasteiger partial charge in [0.1, 0.15) is 0 Å². The molecule has 0 aliphatic rings. The van der Waals surface area contributed by atoms with E-state index in [0.717, 1.165) is 10.4 Å². The predicted octanol–water partition coefficient (Wildman–Crippen LogP) is 3.13. The van der Waals surface area contributed by atoms with Gasteiger partial charge in [-0.15, -0.1) is 11.3 Å². The van der Waals surface area contributed by atoms with E-state index < -0.39 is 0 Å². The quantitative estimate of drug-likeness (QED) is 0.833. The van der Waals surface area contributed by atoms with Gasteiger partial charge in [0, 0.05) is 16.1 Å². The highest BCUT2D eigenvalue weighted by atomic mass is 32.1. The number of nitrogens with one attached hydrogen (secondary N) is 1. The molecule has 2 rings (SSSR count). The van der Waals surface area contributed by atoms with Gasteiger partial charge in [0.15, 0.2) is 0 Å². The van der Waals surface area contributed by atoms with E-state index in [1.807, 2.05) is 43.5 Å². The fraction of sp³-hybridized carbons (Fsp3) is 0.214. The van der Waals surface area contributed by atoms with Gasteiger partial charge in [-0.2, -0.15) is 0 Å². The van der Waals surface area contributed by atoms with E-state index in [9.17, 15) is 4.79 Å². The van der Waals surface area contributed by atoms with E-state index >= 15 is 0 Å². The Morgan fingerprint density at radius 1 is 1.39 bits per heavy atom. The molecule has 0 saturated carbocycles. The molecular weight excluding hydrogens is 244 g/mol. The number of nitrogen functional groups attached to an aromatic ring is 1. The van der Waals surface area contributed by atoms with Crippen molar-refractivity contribution in [1.29, 1.82) is 0 Å². The molecule has 0 bridgehead atoms. The first-order chi connectivity index (χ1) is 8.56. The van der Waals surface area contributed by atoms with Gasteiger partial charge in [-0.05, 0) is 49.1 Å². The molecule has 0 radical (unpaired) electrons. The van der Waals surface area contributed by atoms with E-state index in [4.69, 9.17) is 5.73 Å². The Labute approximate surface area is 111 Å². The van der Waals surface area contributed by atoms with Crippen LogP contribution in [-0.4, -0.2) is 5.91 Å². The average molecular weight is 260 g/mol. The Morgan fingerprint density at radius 3 is 2.78 bits per heavy atom. The molecule has 1 atom stereocenters. The standard InChI is InChI=1S/C14H16N2OS/c1-9-6-11(8-12(15)7-9)14(17)16-10(2)13-4-3-5-18-13/h3-8,10H,15H2,1-2H3,(H,16,17). The van der Waals surface area contributed by atoms with Crippen LogP contribution in [0.1, 0.15) is 33.8 Å². The summed E-state index contributed by atoms with van der Waals surface area (Å²) in [6, 6.07) is 9.39. The number of carbonyl (C=O) groups excluding carboxylic acids is 1. The second-order valence-corrected chi connectivity index (χ2v) is 5.32. The number of amides is 1. The largest absolute Gasteiger partial charge is 0.399 e. The van der Waals surface area contributed by atoms with Crippen LogP contribution in [0.3, 0.4) is 0 Å². The van der Waals surface area contributed by atoms with E-state index in [1.165, 1.54) is 0 Å². The van der Waals surface area contributed by atoms with Gasteiger partial charge in [-0.1, -0.05) is 6.07 Å². The summed E-state index contributed by atoms with van der Waals surface area (Å²) in [4.78, 5) is 13.2. The maximum Gasteiger partial charge on any atom is 0.251 e. The van der Waals surface area contributed by atoms with E-state index in [0.29, 0.717) is 11.3 Å². The number of hydrogen-bond acceptors (Lipinski definition) is 3. The van der Waals surface area contributed by atoms with Crippen molar-refractivity contribution < 1.29 is 4.79 Å². The van der Waals surface area contributed by atoms with E-state index in [-0.39, 0.29) is 11.9 Å². The average Bonchev–Trinajstić information content (AvgIpc) is 2.80. The lowest BCUT2D eigenvalue weighted by molar-refractivity contribution is 0.0940. The summed E-state index contributed by atoms with van der Waals surface area (Å²) in [6.07, 6.45) is 0. The molecule has 0 saturated heterocycles. The number of thiophene rings is 1. The lowest BCUT2D eigenvalue weighted by Gasteiger charge is -2.12. The Morgan fingerprint density at radius 2 is 2.17 bits per heavy atom. The molecule has 94 valence electrons. The van der Waals surface area contributed by atoms with Crippen LogP contribution in [0, 0.1) is 6.92 Å². The molecule has 1 aromatic carbocycles. The predicted molar refractivity (Wildman–Crippen MR) is 75.8 cm³/mol. The van der Waals surface area contributed by atoms with E-state index in [2.05, 4.69) is 5.32 Å². The SMILES string of the molecule is Cc1cc(N)cc(C(=O)NC(C)c2cccs2)c1. The number of nitrogens with two attached hydrogens (primary N) is 1. The number of anilines is 1. The third-order valence-corrected chi connectivity index (χ3v) is 3.73. The van der Waals surface area contributed by atoms with Gasteiger partial charge in [0.05, 0.1) is 6.04 Å². The molecule has 3 N–H and O–H groups in total. The van der Waals surface area contributed by atoms with Crippen molar-refractivity contribution in [1.82, 2.24) is 5.32 Å². The minimum absolute atomic E-state index is 0.0132. The maximum atomic E-state index is 12.1. The second-order valence-electron chi connectivity index (χ2n) is 4.34. The zero-order valence-corrected chi connectivity index (χ0v) is 11.3. The lowest BCUT2D eigenvalue weighted by Crippen LogP contribution is -2.26. The van der Waals surface area contributed by atoms with Crippen molar-refractivity contribution in [2.24, 2.45) is 0 Å². The van der Waals surface area contributed by atoms with Crippen LogP contribution in [-0.2, 0) is 0 Å². The van der Waals surface area contributed by atoms with Crippen LogP contribution in [0.5, 0.6) is 0 Å². The first-order valence-corrected chi connectivity index (χ1v) is 6.65. The third kappa shape index (κ3) is 2.90. The second kappa shape index (κ2) is 5.23. The van der Waals surface area contributed by atoms with Crippen molar-refractivity contribution in [3.05, 3.63) is 51.7 Å². The van der Waals surface area contributed by atoms with Crippen LogP contribution in [0.15, 0.2) is 35.7 Å². The minimum atomic E-state index is -0.0914. The molecular formula is C14H16N2OS. The summed E-state index contributed by atoms with van der Waals surface area (Å²) in [5, 5.41) is 4.97. The normalized spacial score (nSPS) is 12.1. The Bertz CT molecular complexity index is 529. The van der Waals surface area contributed by atoms with Gasteiger partial charge in [0.2, 0.25) is 0 Å². The molecule has 1 amide bonds. The Balaban J connectivity index is 2.12. The zero-order valence-electron chi connectivity index (χ0n) is 10.4. The van der Waals surface area contributed by atoms with E-state index in [1.54, 1.807) is 17.4 Å². The van der Waals surface area contributed by atoms with Crippen LogP contribution in [0.2, 0.25) is 0 Å². The van der Waals surface area contributed by atoms with Crippen LogP contribution in [0.25, 0.3) is 0 Å². The summed E-state index contributed by atoms with van der Waals surface area (Å²) < 4.78 is 0. The van der Waals surface area contributed by atoms with Gasteiger partial charge < -0.3 is 11.1 Å². The number of hydrogen-bond donors (Lipinski definition) is 2. The third-order valence-electron chi connectivity index (χ3n) is 2.68. The summed E-state index contributed by atoms with van der Waals surface area (Å²) >= 11 is 1.64. The monoisotopic (exact) mass is 260 g/mol. The molecule has 0 aliphatic carbocycles. The Hall–Kier alpha value is -1.81. The lowest BCUT2D eigenvalue weighted by atomic mass is 10.1. The minimum Gasteiger partial charge on any atom is -0.399 e. The van der Waals surface area contributed by atoms with Gasteiger partial charge in [-0.3, -0.25) is 4.79 Å². The number of aryl methyl sites for hydroxylation is 1. The molecule has 1 aromatic heterocycles. The maximum absolute atomic E-state index is 12.1. The van der Waals surface area contributed by atoms with Crippen LogP contribution >= 0.6 is 11.3 Å². The molecule has 0 fully saturated rings. The van der Waals surface area contributed by atoms with Crippen molar-refractivity contribution in [3.8, 4) is 0 Å². The van der Waals surface area contributed by atoms with Crippen LogP contribution in [0.4, 0.5) is 5.69 Å². The summed E-state index contributed by atoms with van der Waals surface area (Å²) in [5.41, 5.74) is 7.96. The molecule has 4 heteroatoms. The topological polar surface area (TPSA) is 55.1 Å². The Kier molecular flexibility index (Phi) is 3.67. The number of carbonyl (C=O) groups is 1. The van der Waals surface area contributed by atoms with Crippen molar-refractivity contribution in [2.75, 3.05) is 5.73 Å². The van der Waals surface area contributed by atoms with Crippen molar-refractivity contribution in [3.63, 3.8) is 0 Å². The summed E-state index contributed by atoms with van der Waals surface area (Å²) in [5.74, 6) is -0.0914. The molecule has 2 aromatic rings. The first-order valence-electron chi connectivity index (χ1n) is 5.77. The van der Waals surface area contributed by atoms with Crippen molar-refractivity contribution >= 4 is 22.9 Å². The summed E-state index contributed by atoms with van der Waals surface area (Å²) in [6.45, 7) is 3.90. The molecule has 0 aliphatic heterocycles. The first kappa shape index (κ1) is 12.6. The highest BCUT2D eigenvalue weighted by molar-refractivity contribution is 7.10. The molecule has 1 unspecified atom stereocenters. The van der Waals surface area contributed by atoms with Gasteiger partial charge in [-0.25, -0.2) is 0 Å². The summed E-state index contributed by atoms with van der Waals surface area (Å²) in [7, 11) is 0. The fourth-order valence-corrected chi connectivity index (χ4v) is 2.57. The highest BCUT2D eigenvalue weighted by Gasteiger charge is 2.12. The highest BCUT2D eigenvalue weighted by Crippen LogP contribution is 2.19. The fourth-order valence-electron chi connectivity index (χ4n) is 1.83. The molecule has 1 heterocycles. The van der Waals surface area contributed by atoms with Crippen LogP contribution < -0.4 is 11.1 Å². The smallest absolute Gasteiger partial charge is 0.251 e. The zero-order chi connectivity index (χ0) is 13.1. The van der Waals surface area contributed by atoms with Gasteiger partial charge in [0.25, 0.3) is 5.91 Å². The number of benzene rings is 1.